The Hall–Kier alpha value is -0.220. The summed E-state index contributed by atoms with van der Waals surface area (Å²) in [6, 6.07) is 0. The third kappa shape index (κ3) is 2.38. The third-order valence-corrected chi connectivity index (χ3v) is 3.14. The Bertz CT molecular complexity index is 169. The number of hydrogen-bond donors (Lipinski definition) is 1. The molecule has 1 fully saturated rings. The first-order chi connectivity index (χ1) is 5.24. The zero-order valence-electron chi connectivity index (χ0n) is 6.23. The lowest BCUT2D eigenvalue weighted by atomic mass is 9.90. The van der Waals surface area contributed by atoms with Crippen molar-refractivity contribution in [2.24, 2.45) is 5.92 Å². The van der Waals surface area contributed by atoms with Crippen LogP contribution in [0.3, 0.4) is 0 Å². The lowest BCUT2D eigenvalue weighted by Gasteiger charge is -2.22. The summed E-state index contributed by atoms with van der Waals surface area (Å²) >= 11 is -1.73. The molecule has 1 aliphatic rings. The van der Waals surface area contributed by atoms with E-state index in [9.17, 15) is 9.00 Å². The smallest absolute Gasteiger partial charge is 0.155 e. The minimum absolute atomic E-state index is 0.0184. The molecule has 0 aromatic heterocycles. The summed E-state index contributed by atoms with van der Waals surface area (Å²) in [6.07, 6.45) is 4.07. The summed E-state index contributed by atoms with van der Waals surface area (Å²) in [5.74, 6) is 0.0184. The molecule has 0 saturated heterocycles. The van der Waals surface area contributed by atoms with Gasteiger partial charge in [0.1, 0.15) is 6.29 Å². The van der Waals surface area contributed by atoms with Crippen LogP contribution in [-0.2, 0) is 15.9 Å². The summed E-state index contributed by atoms with van der Waals surface area (Å²) in [5, 5.41) is -0.168. The molecule has 64 valence electrons. The largest absolute Gasteiger partial charge is 0.306 e. The molecule has 0 radical (unpaired) electrons. The molecule has 1 N–H and O–H groups in total. The van der Waals surface area contributed by atoms with Crippen molar-refractivity contribution in [1.82, 2.24) is 0 Å². The zero-order chi connectivity index (χ0) is 8.27. The van der Waals surface area contributed by atoms with Crippen molar-refractivity contribution >= 4 is 17.4 Å². The molecular formula is C7H12O3S. The maximum atomic E-state index is 10.6. The molecule has 0 aliphatic heterocycles. The Kier molecular flexibility index (Phi) is 3.20. The van der Waals surface area contributed by atoms with E-state index in [-0.39, 0.29) is 11.2 Å². The standard InChI is InChI=1S/C7H12O3S/c8-5-6-2-1-3-7(4-6)11(9)10/h5-7H,1-4H2,(H,9,10). The fourth-order valence-electron chi connectivity index (χ4n) is 1.49. The second-order valence-corrected chi connectivity index (χ2v) is 4.18. The van der Waals surface area contributed by atoms with Crippen LogP contribution in [0, 0.1) is 5.92 Å². The Morgan fingerprint density at radius 3 is 2.73 bits per heavy atom. The quantitative estimate of drug-likeness (QED) is 0.503. The van der Waals surface area contributed by atoms with Gasteiger partial charge < -0.3 is 9.35 Å². The average molecular weight is 176 g/mol. The maximum Gasteiger partial charge on any atom is 0.155 e. The van der Waals surface area contributed by atoms with Gasteiger partial charge in [-0.25, -0.2) is 4.21 Å². The van der Waals surface area contributed by atoms with E-state index in [4.69, 9.17) is 4.55 Å². The van der Waals surface area contributed by atoms with Crippen molar-refractivity contribution in [2.75, 3.05) is 0 Å². The molecule has 0 heterocycles. The lowest BCUT2D eigenvalue weighted by Crippen LogP contribution is -2.24. The van der Waals surface area contributed by atoms with Crippen LogP contribution < -0.4 is 0 Å². The van der Waals surface area contributed by atoms with Gasteiger partial charge in [0.2, 0.25) is 0 Å². The number of rotatable bonds is 2. The summed E-state index contributed by atoms with van der Waals surface area (Å²) in [5.41, 5.74) is 0. The van der Waals surface area contributed by atoms with Gasteiger partial charge in [-0.2, -0.15) is 0 Å². The molecule has 1 saturated carbocycles. The summed E-state index contributed by atoms with van der Waals surface area (Å²) in [7, 11) is 0. The Morgan fingerprint density at radius 2 is 2.18 bits per heavy atom. The molecule has 0 aromatic carbocycles. The highest BCUT2D eigenvalue weighted by atomic mass is 32.2. The number of aldehydes is 1. The third-order valence-electron chi connectivity index (χ3n) is 2.14. The highest BCUT2D eigenvalue weighted by Crippen LogP contribution is 2.25. The maximum absolute atomic E-state index is 10.6. The number of hydrogen-bond acceptors (Lipinski definition) is 2. The van der Waals surface area contributed by atoms with Gasteiger partial charge in [-0.1, -0.05) is 6.42 Å². The Labute approximate surface area is 68.5 Å². The predicted octanol–water partition coefficient (Wildman–Crippen LogP) is 0.966. The van der Waals surface area contributed by atoms with Gasteiger partial charge in [0.05, 0.1) is 5.25 Å². The molecule has 0 amide bonds. The van der Waals surface area contributed by atoms with Gasteiger partial charge in [0, 0.05) is 5.92 Å². The molecule has 11 heavy (non-hydrogen) atoms. The van der Waals surface area contributed by atoms with E-state index in [1.54, 1.807) is 0 Å². The fraction of sp³-hybridized carbons (Fsp3) is 0.857. The molecule has 0 bridgehead atoms. The fourth-order valence-corrected chi connectivity index (χ4v) is 2.27. The molecule has 3 nitrogen and oxygen atoms in total. The van der Waals surface area contributed by atoms with Crippen LogP contribution in [0.15, 0.2) is 0 Å². The van der Waals surface area contributed by atoms with Crippen LogP contribution in [0.25, 0.3) is 0 Å². The van der Waals surface area contributed by atoms with E-state index in [2.05, 4.69) is 0 Å². The summed E-state index contributed by atoms with van der Waals surface area (Å²) in [4.78, 5) is 10.3. The van der Waals surface area contributed by atoms with Gasteiger partial charge >= 0.3 is 0 Å². The topological polar surface area (TPSA) is 54.4 Å². The average Bonchev–Trinajstić information content (AvgIpc) is 2.05. The van der Waals surface area contributed by atoms with Crippen molar-refractivity contribution in [1.29, 1.82) is 0 Å². The highest BCUT2D eigenvalue weighted by molar-refractivity contribution is 7.79. The molecule has 3 unspecified atom stereocenters. The second kappa shape index (κ2) is 3.97. The van der Waals surface area contributed by atoms with Crippen LogP contribution in [0.2, 0.25) is 0 Å². The Morgan fingerprint density at radius 1 is 1.45 bits per heavy atom. The molecule has 1 aliphatic carbocycles. The molecule has 4 heteroatoms. The highest BCUT2D eigenvalue weighted by Gasteiger charge is 2.24. The van der Waals surface area contributed by atoms with E-state index < -0.39 is 11.1 Å². The normalized spacial score (nSPS) is 34.6. The second-order valence-electron chi connectivity index (χ2n) is 2.96. The van der Waals surface area contributed by atoms with Gasteiger partial charge in [0.25, 0.3) is 0 Å². The lowest BCUT2D eigenvalue weighted by molar-refractivity contribution is -0.111. The first kappa shape index (κ1) is 8.87. The Balaban J connectivity index is 2.45. The van der Waals surface area contributed by atoms with Crippen LogP contribution in [0.5, 0.6) is 0 Å². The summed E-state index contributed by atoms with van der Waals surface area (Å²) < 4.78 is 19.4. The van der Waals surface area contributed by atoms with Crippen LogP contribution >= 0.6 is 0 Å². The SMILES string of the molecule is O=CC1CCCC(S(=O)O)C1. The van der Waals surface area contributed by atoms with Crippen LogP contribution in [0.4, 0.5) is 0 Å². The van der Waals surface area contributed by atoms with Crippen molar-refractivity contribution in [2.45, 2.75) is 30.9 Å². The molecule has 1 rings (SSSR count). The molecule has 3 atom stereocenters. The number of carbonyl (C=O) groups is 1. The molecule has 0 spiro atoms. The first-order valence-corrected chi connectivity index (χ1v) is 4.96. The number of carbonyl (C=O) groups excluding carboxylic acids is 1. The van der Waals surface area contributed by atoms with Crippen molar-refractivity contribution in [3.05, 3.63) is 0 Å². The monoisotopic (exact) mass is 176 g/mol. The van der Waals surface area contributed by atoms with E-state index in [1.807, 2.05) is 0 Å². The minimum Gasteiger partial charge on any atom is -0.306 e. The van der Waals surface area contributed by atoms with E-state index in [1.165, 1.54) is 0 Å². The van der Waals surface area contributed by atoms with E-state index >= 15 is 0 Å². The van der Waals surface area contributed by atoms with Crippen LogP contribution in [-0.4, -0.2) is 20.3 Å². The van der Waals surface area contributed by atoms with Crippen molar-refractivity contribution in [3.63, 3.8) is 0 Å². The van der Waals surface area contributed by atoms with E-state index in [0.29, 0.717) is 6.42 Å². The minimum atomic E-state index is -1.73. The molecular weight excluding hydrogens is 164 g/mol. The van der Waals surface area contributed by atoms with Gasteiger partial charge in [-0.05, 0) is 19.3 Å². The summed E-state index contributed by atoms with van der Waals surface area (Å²) in [6.45, 7) is 0. The van der Waals surface area contributed by atoms with Crippen molar-refractivity contribution in [3.8, 4) is 0 Å². The van der Waals surface area contributed by atoms with Gasteiger partial charge in [-0.15, -0.1) is 0 Å². The van der Waals surface area contributed by atoms with Crippen molar-refractivity contribution < 1.29 is 13.6 Å². The van der Waals surface area contributed by atoms with Crippen LogP contribution in [0.1, 0.15) is 25.7 Å². The first-order valence-electron chi connectivity index (χ1n) is 3.79. The molecule has 0 aromatic rings. The zero-order valence-corrected chi connectivity index (χ0v) is 7.05. The van der Waals surface area contributed by atoms with Gasteiger partial charge in [-0.3, -0.25) is 0 Å². The van der Waals surface area contributed by atoms with Gasteiger partial charge in [0.15, 0.2) is 11.1 Å². The van der Waals surface area contributed by atoms with E-state index in [0.717, 1.165) is 25.5 Å². The predicted molar refractivity (Wildman–Crippen MR) is 42.6 cm³/mol.